The van der Waals surface area contributed by atoms with E-state index in [-0.39, 0.29) is 19.6 Å². The Morgan fingerprint density at radius 2 is 1.64 bits per heavy atom. The molecule has 0 amide bonds. The molecule has 2 saturated carbocycles. The number of aliphatic hydroxyl groups is 6. The van der Waals surface area contributed by atoms with Crippen LogP contribution in [-0.4, -0.2) is 93.1 Å². The molecule has 8 heteroatoms. The number of hydrogen-bond acceptors (Lipinski definition) is 8. The molecular weight excluding hydrogens is 330 g/mol. The van der Waals surface area contributed by atoms with E-state index >= 15 is 0 Å². The van der Waals surface area contributed by atoms with Crippen LogP contribution in [0.2, 0.25) is 0 Å². The number of aliphatic hydroxyl groups excluding tert-OH is 5. The number of rotatable bonds is 8. The fourth-order valence-corrected chi connectivity index (χ4v) is 3.98. The van der Waals surface area contributed by atoms with E-state index in [4.69, 9.17) is 4.74 Å². The SMILES string of the molecule is OCC(CO)N[C@H]1C[C@](O)(CO)[C@@H](OCC2CCCCC2)[C@H](O)[C@H]1O. The fraction of sp³-hybridized carbons (Fsp3) is 1.00. The average Bonchev–Trinajstić information content (AvgIpc) is 2.64. The van der Waals surface area contributed by atoms with Crippen LogP contribution in [-0.2, 0) is 4.74 Å². The van der Waals surface area contributed by atoms with E-state index in [0.29, 0.717) is 12.5 Å². The summed E-state index contributed by atoms with van der Waals surface area (Å²) in [6.07, 6.45) is 1.81. The maximum atomic E-state index is 10.8. The largest absolute Gasteiger partial charge is 0.395 e. The Hall–Kier alpha value is -0.320. The third kappa shape index (κ3) is 5.11. The lowest BCUT2D eigenvalue weighted by molar-refractivity contribution is -0.228. The molecule has 0 saturated heterocycles. The topological polar surface area (TPSA) is 143 Å². The van der Waals surface area contributed by atoms with Gasteiger partial charge in [-0.15, -0.1) is 0 Å². The summed E-state index contributed by atoms with van der Waals surface area (Å²) in [6.45, 7) is -0.943. The molecule has 148 valence electrons. The van der Waals surface area contributed by atoms with Gasteiger partial charge in [-0.3, -0.25) is 0 Å². The standard InChI is InChI=1S/C17H33NO7/c19-7-12(8-20)18-13-6-17(24,10-21)16(15(23)14(13)22)25-9-11-4-2-1-3-5-11/h11-16,18-24H,1-10H2/t13-,14-,15+,16-,17-/m0/s1. The van der Waals surface area contributed by atoms with E-state index in [1.54, 1.807) is 0 Å². The summed E-state index contributed by atoms with van der Waals surface area (Å²) in [6, 6.07) is -1.47. The van der Waals surface area contributed by atoms with Crippen LogP contribution in [0.3, 0.4) is 0 Å². The van der Waals surface area contributed by atoms with Gasteiger partial charge in [-0.2, -0.15) is 0 Å². The van der Waals surface area contributed by atoms with Gasteiger partial charge >= 0.3 is 0 Å². The minimum absolute atomic E-state index is 0.0619. The molecule has 8 nitrogen and oxygen atoms in total. The van der Waals surface area contributed by atoms with Crippen LogP contribution in [0.25, 0.3) is 0 Å². The van der Waals surface area contributed by atoms with Gasteiger partial charge in [0.25, 0.3) is 0 Å². The first-order chi connectivity index (χ1) is 11.9. The predicted molar refractivity (Wildman–Crippen MR) is 89.9 cm³/mol. The number of ether oxygens (including phenoxy) is 1. The summed E-state index contributed by atoms with van der Waals surface area (Å²) < 4.78 is 5.77. The third-order valence-electron chi connectivity index (χ3n) is 5.58. The first kappa shape index (κ1) is 21.0. The zero-order chi connectivity index (χ0) is 18.4. The van der Waals surface area contributed by atoms with Crippen LogP contribution < -0.4 is 5.32 Å². The van der Waals surface area contributed by atoms with Gasteiger partial charge in [-0.25, -0.2) is 0 Å². The summed E-state index contributed by atoms with van der Waals surface area (Å²) in [5, 5.41) is 62.4. The Morgan fingerprint density at radius 3 is 2.20 bits per heavy atom. The van der Waals surface area contributed by atoms with Crippen molar-refractivity contribution in [1.82, 2.24) is 5.32 Å². The molecule has 0 aromatic rings. The quantitative estimate of drug-likeness (QED) is 0.265. The zero-order valence-corrected chi connectivity index (χ0v) is 14.6. The second kappa shape index (κ2) is 9.57. The van der Waals surface area contributed by atoms with Crippen molar-refractivity contribution in [3.05, 3.63) is 0 Å². The maximum Gasteiger partial charge on any atom is 0.118 e. The van der Waals surface area contributed by atoms with Crippen molar-refractivity contribution in [2.75, 3.05) is 26.4 Å². The van der Waals surface area contributed by atoms with Crippen LogP contribution in [0.5, 0.6) is 0 Å². The molecule has 2 rings (SSSR count). The van der Waals surface area contributed by atoms with Gasteiger partial charge in [-0.1, -0.05) is 19.3 Å². The van der Waals surface area contributed by atoms with Gasteiger partial charge in [-0.05, 0) is 25.2 Å². The Morgan fingerprint density at radius 1 is 1.00 bits per heavy atom. The summed E-state index contributed by atoms with van der Waals surface area (Å²) in [4.78, 5) is 0. The molecule has 25 heavy (non-hydrogen) atoms. The molecule has 0 radical (unpaired) electrons. The third-order valence-corrected chi connectivity index (χ3v) is 5.58. The Balaban J connectivity index is 2.02. The lowest BCUT2D eigenvalue weighted by atomic mass is 9.76. The summed E-state index contributed by atoms with van der Waals surface area (Å²) in [5.74, 6) is 0.366. The van der Waals surface area contributed by atoms with E-state index in [1.807, 2.05) is 0 Å². The maximum absolute atomic E-state index is 10.8. The molecule has 0 bridgehead atoms. The second-order valence-corrected chi connectivity index (χ2v) is 7.54. The second-order valence-electron chi connectivity index (χ2n) is 7.54. The summed E-state index contributed by atoms with van der Waals surface area (Å²) >= 11 is 0. The van der Waals surface area contributed by atoms with Crippen LogP contribution in [0.4, 0.5) is 0 Å². The van der Waals surface area contributed by atoms with Crippen molar-refractivity contribution in [3.8, 4) is 0 Å². The smallest absolute Gasteiger partial charge is 0.118 e. The minimum Gasteiger partial charge on any atom is -0.395 e. The van der Waals surface area contributed by atoms with Gasteiger partial charge in [0, 0.05) is 6.04 Å². The highest BCUT2D eigenvalue weighted by Gasteiger charge is 2.53. The molecule has 0 aliphatic heterocycles. The fourth-order valence-electron chi connectivity index (χ4n) is 3.98. The van der Waals surface area contributed by atoms with Gasteiger partial charge in [0.2, 0.25) is 0 Å². The van der Waals surface area contributed by atoms with E-state index in [0.717, 1.165) is 25.7 Å². The van der Waals surface area contributed by atoms with Crippen LogP contribution in [0, 0.1) is 5.92 Å². The summed E-state index contributed by atoms with van der Waals surface area (Å²) in [7, 11) is 0. The van der Waals surface area contributed by atoms with Crippen molar-refractivity contribution in [3.63, 3.8) is 0 Å². The molecule has 0 aromatic heterocycles. The molecule has 7 N–H and O–H groups in total. The monoisotopic (exact) mass is 363 g/mol. The van der Waals surface area contributed by atoms with Crippen molar-refractivity contribution >= 4 is 0 Å². The highest BCUT2D eigenvalue weighted by atomic mass is 16.5. The first-order valence-corrected chi connectivity index (χ1v) is 9.24. The van der Waals surface area contributed by atoms with Gasteiger partial charge in [0.1, 0.15) is 17.8 Å². The molecular formula is C17H33NO7. The van der Waals surface area contributed by atoms with E-state index in [2.05, 4.69) is 5.32 Å². The van der Waals surface area contributed by atoms with Crippen LogP contribution in [0.1, 0.15) is 38.5 Å². The first-order valence-electron chi connectivity index (χ1n) is 9.24. The van der Waals surface area contributed by atoms with Crippen molar-refractivity contribution in [2.45, 2.75) is 74.5 Å². The molecule has 2 fully saturated rings. The molecule has 2 aliphatic rings. The molecule has 0 unspecified atom stereocenters. The minimum atomic E-state index is -1.71. The lowest BCUT2D eigenvalue weighted by Gasteiger charge is -2.48. The molecule has 0 spiro atoms. The Labute approximate surface area is 148 Å². The average molecular weight is 363 g/mol. The Bertz CT molecular complexity index is 389. The molecule has 0 heterocycles. The lowest BCUT2D eigenvalue weighted by Crippen LogP contribution is -2.69. The van der Waals surface area contributed by atoms with Crippen molar-refractivity contribution in [1.29, 1.82) is 0 Å². The zero-order valence-electron chi connectivity index (χ0n) is 14.6. The predicted octanol–water partition coefficient (Wildman–Crippen LogP) is -1.89. The normalized spacial score (nSPS) is 37.6. The number of hydrogen-bond donors (Lipinski definition) is 7. The van der Waals surface area contributed by atoms with Gasteiger partial charge in [0.05, 0.1) is 38.6 Å². The van der Waals surface area contributed by atoms with Gasteiger partial charge < -0.3 is 40.7 Å². The number of nitrogens with one attached hydrogen (secondary N) is 1. The summed E-state index contributed by atoms with van der Waals surface area (Å²) in [5.41, 5.74) is -1.71. The highest BCUT2D eigenvalue weighted by molar-refractivity contribution is 5.06. The van der Waals surface area contributed by atoms with Crippen LogP contribution in [0.15, 0.2) is 0 Å². The van der Waals surface area contributed by atoms with Gasteiger partial charge in [0.15, 0.2) is 0 Å². The van der Waals surface area contributed by atoms with E-state index in [1.165, 1.54) is 6.42 Å². The van der Waals surface area contributed by atoms with Crippen molar-refractivity contribution in [2.24, 2.45) is 5.92 Å². The van der Waals surface area contributed by atoms with Crippen molar-refractivity contribution < 1.29 is 35.4 Å². The molecule has 5 atom stereocenters. The van der Waals surface area contributed by atoms with Crippen LogP contribution >= 0.6 is 0 Å². The highest BCUT2D eigenvalue weighted by Crippen LogP contribution is 2.33. The molecule has 0 aromatic carbocycles. The van der Waals surface area contributed by atoms with E-state index < -0.39 is 42.6 Å². The van der Waals surface area contributed by atoms with E-state index in [9.17, 15) is 30.6 Å². The Kier molecular flexibility index (Phi) is 8.03. The molecule has 2 aliphatic carbocycles.